The summed E-state index contributed by atoms with van der Waals surface area (Å²) >= 11 is 1.44. The third-order valence-corrected chi connectivity index (χ3v) is 3.09. The van der Waals surface area contributed by atoms with Crippen molar-refractivity contribution < 1.29 is 4.79 Å². The standard InChI is InChI=1S/C9H11N5OS/c1-2-6-3-4-16-8(6)9(15)10-5-7-11-13-14-12-7/h3-4H,2,5H2,1H3,(H,10,15)(H,11,12,13,14). The Balaban J connectivity index is 1.98. The summed E-state index contributed by atoms with van der Waals surface area (Å²) in [4.78, 5) is 12.5. The lowest BCUT2D eigenvalue weighted by molar-refractivity contribution is 0.0953. The number of hydrogen-bond acceptors (Lipinski definition) is 5. The van der Waals surface area contributed by atoms with Crippen LogP contribution in [0, 0.1) is 0 Å². The van der Waals surface area contributed by atoms with Gasteiger partial charge in [-0.3, -0.25) is 4.79 Å². The minimum absolute atomic E-state index is 0.0864. The summed E-state index contributed by atoms with van der Waals surface area (Å²) in [7, 11) is 0. The Labute approximate surface area is 96.1 Å². The van der Waals surface area contributed by atoms with Gasteiger partial charge in [0.05, 0.1) is 11.4 Å². The second kappa shape index (κ2) is 4.84. The predicted octanol–water partition coefficient (Wildman–Crippen LogP) is 0.754. The highest BCUT2D eigenvalue weighted by Crippen LogP contribution is 2.16. The molecule has 16 heavy (non-hydrogen) atoms. The van der Waals surface area contributed by atoms with E-state index in [0.29, 0.717) is 5.82 Å². The summed E-state index contributed by atoms with van der Waals surface area (Å²) in [6.45, 7) is 2.31. The molecule has 1 amide bonds. The molecule has 7 heteroatoms. The van der Waals surface area contributed by atoms with Crippen LogP contribution in [0.5, 0.6) is 0 Å². The molecule has 2 heterocycles. The first-order chi connectivity index (χ1) is 7.81. The van der Waals surface area contributed by atoms with Crippen molar-refractivity contribution in [2.24, 2.45) is 0 Å². The number of aryl methyl sites for hydroxylation is 1. The van der Waals surface area contributed by atoms with Crippen molar-refractivity contribution in [1.29, 1.82) is 0 Å². The number of nitrogens with one attached hydrogen (secondary N) is 2. The number of aromatic nitrogens is 4. The topological polar surface area (TPSA) is 83.6 Å². The van der Waals surface area contributed by atoms with Gasteiger partial charge in [-0.25, -0.2) is 0 Å². The van der Waals surface area contributed by atoms with E-state index in [2.05, 4.69) is 25.9 Å². The number of thiophene rings is 1. The third kappa shape index (κ3) is 2.25. The number of aromatic amines is 1. The molecular weight excluding hydrogens is 226 g/mol. The SMILES string of the molecule is CCc1ccsc1C(=O)NCc1nn[nH]n1. The quantitative estimate of drug-likeness (QED) is 0.822. The molecule has 0 atom stereocenters. The smallest absolute Gasteiger partial charge is 0.262 e. The molecule has 0 unspecified atom stereocenters. The van der Waals surface area contributed by atoms with Crippen LogP contribution in [0.15, 0.2) is 11.4 Å². The molecule has 0 saturated carbocycles. The van der Waals surface area contributed by atoms with Gasteiger partial charge in [-0.2, -0.15) is 5.21 Å². The molecule has 2 N–H and O–H groups in total. The number of tetrazole rings is 1. The Bertz CT molecular complexity index is 464. The van der Waals surface area contributed by atoms with Crippen LogP contribution in [0.2, 0.25) is 0 Å². The number of carbonyl (C=O) groups excluding carboxylic acids is 1. The van der Waals surface area contributed by atoms with Crippen molar-refractivity contribution in [3.05, 3.63) is 27.7 Å². The maximum absolute atomic E-state index is 11.8. The van der Waals surface area contributed by atoms with Crippen LogP contribution in [-0.2, 0) is 13.0 Å². The normalized spacial score (nSPS) is 10.3. The number of hydrogen-bond donors (Lipinski definition) is 2. The van der Waals surface area contributed by atoms with E-state index in [4.69, 9.17) is 0 Å². The maximum Gasteiger partial charge on any atom is 0.262 e. The molecule has 0 aliphatic carbocycles. The summed E-state index contributed by atoms with van der Waals surface area (Å²) in [5.41, 5.74) is 1.07. The molecule has 0 radical (unpaired) electrons. The summed E-state index contributed by atoms with van der Waals surface area (Å²) < 4.78 is 0. The number of amides is 1. The first-order valence-electron chi connectivity index (χ1n) is 4.88. The van der Waals surface area contributed by atoms with Crippen molar-refractivity contribution in [3.8, 4) is 0 Å². The summed E-state index contributed by atoms with van der Waals surface area (Å²) in [5, 5.41) is 17.9. The number of nitrogens with zero attached hydrogens (tertiary/aromatic N) is 3. The maximum atomic E-state index is 11.8. The Morgan fingerprint density at radius 1 is 1.62 bits per heavy atom. The largest absolute Gasteiger partial charge is 0.344 e. The van der Waals surface area contributed by atoms with Crippen LogP contribution in [0.25, 0.3) is 0 Å². The molecule has 0 aromatic carbocycles. The zero-order chi connectivity index (χ0) is 11.4. The van der Waals surface area contributed by atoms with Crippen LogP contribution >= 0.6 is 11.3 Å². The van der Waals surface area contributed by atoms with Gasteiger partial charge in [-0.15, -0.1) is 21.5 Å². The second-order valence-corrected chi connectivity index (χ2v) is 4.06. The van der Waals surface area contributed by atoms with Crippen molar-refractivity contribution in [3.63, 3.8) is 0 Å². The third-order valence-electron chi connectivity index (χ3n) is 2.13. The van der Waals surface area contributed by atoms with Gasteiger partial charge in [0, 0.05) is 0 Å². The van der Waals surface area contributed by atoms with Crippen LogP contribution in [-0.4, -0.2) is 26.5 Å². The van der Waals surface area contributed by atoms with Gasteiger partial charge in [0.15, 0.2) is 5.82 Å². The van der Waals surface area contributed by atoms with E-state index in [1.54, 1.807) is 0 Å². The minimum atomic E-state index is -0.0864. The van der Waals surface area contributed by atoms with Crippen LogP contribution in [0.3, 0.4) is 0 Å². The first-order valence-corrected chi connectivity index (χ1v) is 5.76. The van der Waals surface area contributed by atoms with Crippen LogP contribution in [0.1, 0.15) is 28.0 Å². The highest BCUT2D eigenvalue weighted by Gasteiger charge is 2.12. The number of rotatable bonds is 4. The molecule has 0 fully saturated rings. The Hall–Kier alpha value is -1.76. The molecule has 2 rings (SSSR count). The molecule has 0 aliphatic rings. The highest BCUT2D eigenvalue weighted by atomic mass is 32.1. The van der Waals surface area contributed by atoms with Gasteiger partial charge in [-0.05, 0) is 23.4 Å². The molecule has 2 aromatic rings. The highest BCUT2D eigenvalue weighted by molar-refractivity contribution is 7.12. The summed E-state index contributed by atoms with van der Waals surface area (Å²) in [6, 6.07) is 1.97. The van der Waals surface area contributed by atoms with E-state index in [1.165, 1.54) is 11.3 Å². The molecule has 0 spiro atoms. The average molecular weight is 237 g/mol. The van der Waals surface area contributed by atoms with Crippen molar-refractivity contribution in [1.82, 2.24) is 25.9 Å². The molecule has 6 nitrogen and oxygen atoms in total. The lowest BCUT2D eigenvalue weighted by Gasteiger charge is -2.01. The summed E-state index contributed by atoms with van der Waals surface area (Å²) in [6.07, 6.45) is 0.856. The first kappa shape index (κ1) is 10.7. The number of carbonyl (C=O) groups is 1. The van der Waals surface area contributed by atoms with E-state index in [0.717, 1.165) is 16.9 Å². The van der Waals surface area contributed by atoms with Crippen molar-refractivity contribution in [2.45, 2.75) is 19.9 Å². The van der Waals surface area contributed by atoms with E-state index in [1.807, 2.05) is 18.4 Å². The fourth-order valence-corrected chi connectivity index (χ4v) is 2.22. The molecule has 84 valence electrons. The van der Waals surface area contributed by atoms with E-state index >= 15 is 0 Å². The van der Waals surface area contributed by atoms with Gasteiger partial charge in [0.1, 0.15) is 0 Å². The van der Waals surface area contributed by atoms with Gasteiger partial charge in [-0.1, -0.05) is 12.1 Å². The van der Waals surface area contributed by atoms with Gasteiger partial charge in [0.25, 0.3) is 5.91 Å². The molecule has 2 aromatic heterocycles. The molecular formula is C9H11N5OS. The Kier molecular flexibility index (Phi) is 3.25. The van der Waals surface area contributed by atoms with Crippen LogP contribution in [0.4, 0.5) is 0 Å². The fourth-order valence-electron chi connectivity index (χ4n) is 1.31. The van der Waals surface area contributed by atoms with E-state index in [-0.39, 0.29) is 12.5 Å². The lowest BCUT2D eigenvalue weighted by atomic mass is 10.2. The fraction of sp³-hybridized carbons (Fsp3) is 0.333. The predicted molar refractivity (Wildman–Crippen MR) is 59.0 cm³/mol. The van der Waals surface area contributed by atoms with E-state index < -0.39 is 0 Å². The van der Waals surface area contributed by atoms with Crippen molar-refractivity contribution in [2.75, 3.05) is 0 Å². The Morgan fingerprint density at radius 2 is 2.50 bits per heavy atom. The van der Waals surface area contributed by atoms with Crippen molar-refractivity contribution >= 4 is 17.2 Å². The lowest BCUT2D eigenvalue weighted by Crippen LogP contribution is -2.23. The van der Waals surface area contributed by atoms with Gasteiger partial charge < -0.3 is 5.32 Å². The van der Waals surface area contributed by atoms with Gasteiger partial charge >= 0.3 is 0 Å². The monoisotopic (exact) mass is 237 g/mol. The zero-order valence-corrected chi connectivity index (χ0v) is 9.54. The van der Waals surface area contributed by atoms with E-state index in [9.17, 15) is 4.79 Å². The van der Waals surface area contributed by atoms with Crippen LogP contribution < -0.4 is 5.32 Å². The average Bonchev–Trinajstić information content (AvgIpc) is 2.96. The molecule has 0 aliphatic heterocycles. The number of H-pyrrole nitrogens is 1. The summed E-state index contributed by atoms with van der Waals surface area (Å²) in [5.74, 6) is 0.389. The molecule has 0 saturated heterocycles. The Morgan fingerprint density at radius 3 is 3.19 bits per heavy atom. The minimum Gasteiger partial charge on any atom is -0.344 e. The second-order valence-electron chi connectivity index (χ2n) is 3.14. The molecule has 0 bridgehead atoms. The van der Waals surface area contributed by atoms with Gasteiger partial charge in [0.2, 0.25) is 0 Å². The zero-order valence-electron chi connectivity index (χ0n) is 8.73.